The van der Waals surface area contributed by atoms with Crippen LogP contribution in [0.4, 0.5) is 0 Å². The Morgan fingerprint density at radius 1 is 0.580 bits per heavy atom. The lowest BCUT2D eigenvalue weighted by Gasteiger charge is -2.22. The largest absolute Gasteiger partial charge is 0.484 e. The van der Waals surface area contributed by atoms with Gasteiger partial charge in [-0.3, -0.25) is 4.98 Å². The quantitative estimate of drug-likeness (QED) is 0.187. The van der Waals surface area contributed by atoms with Crippen LogP contribution >= 0.6 is 0 Å². The van der Waals surface area contributed by atoms with Gasteiger partial charge in [-0.05, 0) is 48.5 Å². The summed E-state index contributed by atoms with van der Waals surface area (Å²) in [6, 6.07) is 49.6. The first kappa shape index (κ1) is 28.4. The van der Waals surface area contributed by atoms with Gasteiger partial charge in [0.15, 0.2) is 17.5 Å². The van der Waals surface area contributed by atoms with Gasteiger partial charge in [0.2, 0.25) is 0 Å². The van der Waals surface area contributed by atoms with E-state index in [1.807, 2.05) is 85.1 Å². The van der Waals surface area contributed by atoms with E-state index < -0.39 is 0 Å². The molecule has 0 saturated carbocycles. The van der Waals surface area contributed by atoms with Crippen LogP contribution in [-0.4, -0.2) is 24.5 Å². The number of hydrogen-bond acceptors (Lipinski definition) is 5. The van der Waals surface area contributed by atoms with Gasteiger partial charge in [-0.2, -0.15) is 0 Å². The van der Waals surface area contributed by atoms with Gasteiger partial charge in [-0.15, -0.1) is 0 Å². The van der Waals surface area contributed by atoms with Crippen LogP contribution in [0.3, 0.4) is 0 Å². The van der Waals surface area contributed by atoms with Gasteiger partial charge in [0.1, 0.15) is 11.9 Å². The van der Waals surface area contributed by atoms with E-state index in [1.165, 1.54) is 10.9 Å². The Hall–Kier alpha value is -6.66. The van der Waals surface area contributed by atoms with Crippen molar-refractivity contribution in [2.24, 2.45) is 0 Å². The van der Waals surface area contributed by atoms with Crippen LogP contribution in [0.15, 0.2) is 158 Å². The highest BCUT2D eigenvalue weighted by Gasteiger charge is 2.42. The number of fused-ring (bicyclic) bond motifs is 7. The maximum atomic E-state index is 7.18. The molecule has 4 heterocycles. The molecule has 50 heavy (non-hydrogen) atoms. The first-order valence-electron chi connectivity index (χ1n) is 16.8. The summed E-state index contributed by atoms with van der Waals surface area (Å²) in [5, 5.41) is 1.18. The van der Waals surface area contributed by atoms with Crippen LogP contribution in [0.5, 0.6) is 5.75 Å². The average Bonchev–Trinajstić information content (AvgIpc) is 3.74. The zero-order valence-corrected chi connectivity index (χ0v) is 26.9. The molecule has 8 aromatic rings. The lowest BCUT2D eigenvalue weighted by molar-refractivity contribution is 0.225. The van der Waals surface area contributed by atoms with E-state index >= 15 is 0 Å². The second-order valence-corrected chi connectivity index (χ2v) is 12.6. The first-order valence-corrected chi connectivity index (χ1v) is 16.8. The van der Waals surface area contributed by atoms with Crippen molar-refractivity contribution in [2.45, 2.75) is 12.0 Å². The molecule has 6 heteroatoms. The molecule has 2 atom stereocenters. The Bertz CT molecular complexity index is 2510. The number of benzene rings is 5. The van der Waals surface area contributed by atoms with Crippen molar-refractivity contribution in [1.82, 2.24) is 24.5 Å². The molecule has 0 fully saturated rings. The fourth-order valence-corrected chi connectivity index (χ4v) is 7.41. The van der Waals surface area contributed by atoms with Gasteiger partial charge in [0.25, 0.3) is 0 Å². The minimum Gasteiger partial charge on any atom is -0.484 e. The molecule has 1 aliphatic carbocycles. The second-order valence-electron chi connectivity index (χ2n) is 12.6. The predicted octanol–water partition coefficient (Wildman–Crippen LogP) is 10.1. The summed E-state index contributed by atoms with van der Waals surface area (Å²) < 4.78 is 9.52. The van der Waals surface area contributed by atoms with Crippen molar-refractivity contribution >= 4 is 17.0 Å². The molecule has 3 aromatic heterocycles. The second kappa shape index (κ2) is 11.5. The van der Waals surface area contributed by atoms with E-state index in [1.54, 1.807) is 0 Å². The molecule has 0 bridgehead atoms. The van der Waals surface area contributed by atoms with Crippen LogP contribution < -0.4 is 4.74 Å². The molecule has 1 aliphatic heterocycles. The smallest absolute Gasteiger partial charge is 0.167 e. The Morgan fingerprint density at radius 3 is 1.92 bits per heavy atom. The number of pyridine rings is 1. The lowest BCUT2D eigenvalue weighted by Crippen LogP contribution is -2.13. The summed E-state index contributed by atoms with van der Waals surface area (Å²) in [6.45, 7) is 0. The molecule has 236 valence electrons. The normalized spacial score (nSPS) is 15.7. The maximum absolute atomic E-state index is 7.18. The molecule has 0 spiro atoms. The van der Waals surface area contributed by atoms with Crippen molar-refractivity contribution in [2.75, 3.05) is 0 Å². The Kier molecular flexibility index (Phi) is 6.52. The summed E-state index contributed by atoms with van der Waals surface area (Å²) in [5.41, 5.74) is 10.2. The Morgan fingerprint density at radius 2 is 1.22 bits per heavy atom. The number of para-hydroxylation sites is 2. The standard InChI is InChI=1S/C44H29N5O/c1-4-14-28(15-5-1)42-46-43(29-16-6-2-7-17-29)48-44(47-42)35-27-30(36-21-12-13-25-45-36)26-34-32-23-24-38-39(41(32)50-40(34)35)33-20-10-11-22-37(33)49(38)31-18-8-3-9-19-31/h1-27,32,41H. The van der Waals surface area contributed by atoms with Crippen molar-refractivity contribution < 1.29 is 4.74 Å². The molecule has 10 rings (SSSR count). The summed E-state index contributed by atoms with van der Waals surface area (Å²) in [6.07, 6.45) is 6.15. The highest BCUT2D eigenvalue weighted by atomic mass is 16.5. The van der Waals surface area contributed by atoms with E-state index in [0.717, 1.165) is 56.2 Å². The Labute approximate surface area is 289 Å². The van der Waals surface area contributed by atoms with Gasteiger partial charge in [0.05, 0.1) is 22.5 Å². The third kappa shape index (κ3) is 4.57. The molecule has 6 nitrogen and oxygen atoms in total. The van der Waals surface area contributed by atoms with Crippen LogP contribution in [0.25, 0.3) is 68.1 Å². The number of ether oxygens (including phenoxy) is 1. The molecular formula is C44H29N5O. The number of aromatic nitrogens is 5. The fraction of sp³-hybridized carbons (Fsp3) is 0.0455. The Balaban J connectivity index is 1.20. The van der Waals surface area contributed by atoms with Gasteiger partial charge in [-0.25, -0.2) is 15.0 Å². The van der Waals surface area contributed by atoms with Crippen LogP contribution in [0.2, 0.25) is 0 Å². The predicted molar refractivity (Wildman–Crippen MR) is 198 cm³/mol. The van der Waals surface area contributed by atoms with E-state index in [0.29, 0.717) is 17.5 Å². The topological polar surface area (TPSA) is 65.7 Å². The minimum atomic E-state index is -0.235. The molecule has 2 aliphatic rings. The number of nitrogens with zero attached hydrogens (tertiary/aromatic N) is 5. The molecule has 2 unspecified atom stereocenters. The monoisotopic (exact) mass is 643 g/mol. The highest BCUT2D eigenvalue weighted by molar-refractivity contribution is 5.92. The van der Waals surface area contributed by atoms with E-state index in [2.05, 4.69) is 83.4 Å². The van der Waals surface area contributed by atoms with Crippen molar-refractivity contribution in [3.8, 4) is 56.9 Å². The zero-order chi connectivity index (χ0) is 33.0. The molecule has 5 aromatic carbocycles. The fourth-order valence-electron chi connectivity index (χ4n) is 7.41. The van der Waals surface area contributed by atoms with Gasteiger partial charge in [-0.1, -0.05) is 109 Å². The maximum Gasteiger partial charge on any atom is 0.167 e. The summed E-state index contributed by atoms with van der Waals surface area (Å²) in [4.78, 5) is 19.9. The molecule has 0 amide bonds. The number of rotatable bonds is 5. The van der Waals surface area contributed by atoms with Gasteiger partial charge >= 0.3 is 0 Å². The third-order valence-corrected chi connectivity index (χ3v) is 9.66. The third-order valence-electron chi connectivity index (χ3n) is 9.66. The van der Waals surface area contributed by atoms with Gasteiger partial charge in [0, 0.05) is 51.0 Å². The first-order chi connectivity index (χ1) is 24.8. The summed E-state index contributed by atoms with van der Waals surface area (Å²) >= 11 is 0. The minimum absolute atomic E-state index is 0.0148. The van der Waals surface area contributed by atoms with E-state index in [9.17, 15) is 0 Å². The summed E-state index contributed by atoms with van der Waals surface area (Å²) in [5.74, 6) is 2.54. The van der Waals surface area contributed by atoms with Crippen molar-refractivity contribution in [3.05, 3.63) is 175 Å². The zero-order valence-electron chi connectivity index (χ0n) is 26.9. The van der Waals surface area contributed by atoms with Crippen LogP contribution in [0, 0.1) is 0 Å². The lowest BCUT2D eigenvalue weighted by atomic mass is 9.84. The van der Waals surface area contributed by atoms with Crippen molar-refractivity contribution in [1.29, 1.82) is 0 Å². The molecule has 0 saturated heterocycles. The number of hydrogen-bond donors (Lipinski definition) is 0. The highest BCUT2D eigenvalue weighted by Crippen LogP contribution is 2.56. The van der Waals surface area contributed by atoms with Crippen LogP contribution in [0.1, 0.15) is 28.8 Å². The van der Waals surface area contributed by atoms with Crippen LogP contribution in [-0.2, 0) is 0 Å². The molecule has 0 N–H and O–H groups in total. The average molecular weight is 644 g/mol. The summed E-state index contributed by atoms with van der Waals surface area (Å²) in [7, 11) is 0. The molecule has 0 radical (unpaired) electrons. The van der Waals surface area contributed by atoms with E-state index in [-0.39, 0.29) is 12.0 Å². The van der Waals surface area contributed by atoms with E-state index in [4.69, 9.17) is 24.7 Å². The molecular weight excluding hydrogens is 615 g/mol. The van der Waals surface area contributed by atoms with Gasteiger partial charge < -0.3 is 9.30 Å². The SMILES string of the molecule is C1=CC2c3cc(-c4ccccn4)cc(-c4nc(-c5ccccc5)nc(-c5ccccc5)n4)c3OC2c2c1n(-c1ccccc1)c1ccccc21. The van der Waals surface area contributed by atoms with Crippen molar-refractivity contribution in [3.63, 3.8) is 0 Å².